The number of rotatable bonds is 10. The van der Waals surface area contributed by atoms with Crippen LogP contribution in [0.5, 0.6) is 0 Å². The topological polar surface area (TPSA) is 153 Å². The third kappa shape index (κ3) is 34.3. The molecule has 0 aromatic heterocycles. The van der Waals surface area contributed by atoms with Crippen LogP contribution in [0.1, 0.15) is 97.8 Å². The predicted molar refractivity (Wildman–Crippen MR) is 120 cm³/mol. The molecule has 0 saturated carbocycles. The number of amides is 2. The first kappa shape index (κ1) is 34.8. The van der Waals surface area contributed by atoms with E-state index < -0.39 is 5.97 Å². The van der Waals surface area contributed by atoms with E-state index in [1.54, 1.807) is 7.05 Å². The summed E-state index contributed by atoms with van der Waals surface area (Å²) in [6.45, 7) is 3.72. The molecule has 29 heavy (non-hydrogen) atoms. The Balaban J connectivity index is -0.000000157. The molecular formula is C21H47N3O5. The standard InChI is InChI=1S/C8H17NO.C6H13NO2.C6H11NO.CH4.H2O/c1-3-4-5-6-7-8(10)9-2;7-5-3-1-2-4-6(8)9;8-6-4-2-1-3-5-7-6;;/h3-7H2,1-2H3,(H,9,10);1-5,7H2,(H,8,9);1-5H2,(H,7,8);1H4;1H2. The number of nitrogens with two attached hydrogens (primary N) is 1. The SMILES string of the molecule is C.CCCCCCC(=O)NC.NCCCCCC(=O)O.O.O=C1CCCCCN1. The van der Waals surface area contributed by atoms with Gasteiger partial charge in [0.2, 0.25) is 11.8 Å². The van der Waals surface area contributed by atoms with Crippen molar-refractivity contribution in [3.63, 3.8) is 0 Å². The van der Waals surface area contributed by atoms with Crippen LogP contribution in [0.3, 0.4) is 0 Å². The smallest absolute Gasteiger partial charge is 0.303 e. The van der Waals surface area contributed by atoms with Crippen molar-refractivity contribution < 1.29 is 25.0 Å². The number of hydrogen-bond donors (Lipinski definition) is 4. The fourth-order valence-corrected chi connectivity index (χ4v) is 2.34. The number of carboxylic acid groups (broad SMARTS) is 1. The summed E-state index contributed by atoms with van der Waals surface area (Å²) in [6, 6.07) is 0. The lowest BCUT2D eigenvalue weighted by Crippen LogP contribution is -2.21. The molecule has 0 radical (unpaired) electrons. The zero-order valence-corrected chi connectivity index (χ0v) is 17.9. The van der Waals surface area contributed by atoms with Gasteiger partial charge in [0.15, 0.2) is 0 Å². The molecule has 1 fully saturated rings. The lowest BCUT2D eigenvalue weighted by atomic mass is 10.1. The van der Waals surface area contributed by atoms with Crippen molar-refractivity contribution in [2.24, 2.45) is 5.73 Å². The van der Waals surface area contributed by atoms with Gasteiger partial charge in [-0.2, -0.15) is 0 Å². The summed E-state index contributed by atoms with van der Waals surface area (Å²) >= 11 is 0. The summed E-state index contributed by atoms with van der Waals surface area (Å²) in [6.07, 6.45) is 12.5. The van der Waals surface area contributed by atoms with E-state index in [1.165, 1.54) is 25.7 Å². The molecule has 1 heterocycles. The summed E-state index contributed by atoms with van der Waals surface area (Å²) in [5.41, 5.74) is 5.20. The van der Waals surface area contributed by atoms with Gasteiger partial charge < -0.3 is 26.9 Å². The highest BCUT2D eigenvalue weighted by atomic mass is 16.4. The highest BCUT2D eigenvalue weighted by Crippen LogP contribution is 2.02. The predicted octanol–water partition coefficient (Wildman–Crippen LogP) is 2.78. The fourth-order valence-electron chi connectivity index (χ4n) is 2.34. The average Bonchev–Trinajstić information content (AvgIpc) is 2.90. The Morgan fingerprint density at radius 1 is 1.03 bits per heavy atom. The lowest BCUT2D eigenvalue weighted by Gasteiger charge is -1.97. The van der Waals surface area contributed by atoms with Crippen LogP contribution in [-0.4, -0.2) is 48.5 Å². The van der Waals surface area contributed by atoms with Gasteiger partial charge in [-0.1, -0.05) is 46.5 Å². The molecule has 1 aliphatic heterocycles. The molecule has 1 saturated heterocycles. The summed E-state index contributed by atoms with van der Waals surface area (Å²) in [7, 11) is 1.68. The van der Waals surface area contributed by atoms with Crippen LogP contribution >= 0.6 is 0 Å². The maximum Gasteiger partial charge on any atom is 0.303 e. The average molecular weight is 422 g/mol. The highest BCUT2D eigenvalue weighted by Gasteiger charge is 2.03. The second kappa shape index (κ2) is 28.5. The van der Waals surface area contributed by atoms with Gasteiger partial charge in [-0.05, 0) is 38.6 Å². The first-order chi connectivity index (χ1) is 13.0. The molecule has 176 valence electrons. The Labute approximate surface area is 177 Å². The minimum absolute atomic E-state index is 0. The van der Waals surface area contributed by atoms with E-state index in [4.69, 9.17) is 10.8 Å². The van der Waals surface area contributed by atoms with Gasteiger partial charge in [-0.15, -0.1) is 0 Å². The van der Waals surface area contributed by atoms with Gasteiger partial charge in [-0.25, -0.2) is 0 Å². The maximum atomic E-state index is 10.7. The van der Waals surface area contributed by atoms with Crippen LogP contribution in [0.4, 0.5) is 0 Å². The van der Waals surface area contributed by atoms with E-state index in [9.17, 15) is 14.4 Å². The molecule has 1 aliphatic rings. The van der Waals surface area contributed by atoms with E-state index in [0.29, 0.717) is 13.0 Å². The number of hydrogen-bond acceptors (Lipinski definition) is 4. The van der Waals surface area contributed by atoms with Crippen LogP contribution in [0.2, 0.25) is 0 Å². The first-order valence-electron chi connectivity index (χ1n) is 10.4. The Hall–Kier alpha value is -1.67. The van der Waals surface area contributed by atoms with Crippen molar-refractivity contribution >= 4 is 17.8 Å². The third-order valence-corrected chi connectivity index (χ3v) is 4.03. The van der Waals surface area contributed by atoms with Crippen molar-refractivity contribution in [2.75, 3.05) is 20.1 Å². The fraction of sp³-hybridized carbons (Fsp3) is 0.857. The van der Waals surface area contributed by atoms with Crippen LogP contribution in [0.15, 0.2) is 0 Å². The number of carboxylic acids is 1. The molecule has 0 spiro atoms. The molecule has 0 aromatic carbocycles. The molecule has 0 atom stereocenters. The Morgan fingerprint density at radius 3 is 2.21 bits per heavy atom. The molecule has 8 heteroatoms. The molecule has 0 bridgehead atoms. The van der Waals surface area contributed by atoms with Crippen LogP contribution < -0.4 is 16.4 Å². The van der Waals surface area contributed by atoms with E-state index in [2.05, 4.69) is 17.6 Å². The lowest BCUT2D eigenvalue weighted by molar-refractivity contribution is -0.137. The van der Waals surface area contributed by atoms with Crippen molar-refractivity contribution in [2.45, 2.75) is 97.8 Å². The number of nitrogens with one attached hydrogen (secondary N) is 2. The molecule has 2 amide bonds. The van der Waals surface area contributed by atoms with Gasteiger partial charge in [0.25, 0.3) is 0 Å². The van der Waals surface area contributed by atoms with Crippen molar-refractivity contribution in [1.29, 1.82) is 0 Å². The summed E-state index contributed by atoms with van der Waals surface area (Å²) in [5, 5.41) is 13.6. The second-order valence-electron chi connectivity index (χ2n) is 6.64. The van der Waals surface area contributed by atoms with Gasteiger partial charge >= 0.3 is 5.97 Å². The van der Waals surface area contributed by atoms with Gasteiger partial charge in [-0.3, -0.25) is 14.4 Å². The quantitative estimate of drug-likeness (QED) is 0.399. The third-order valence-electron chi connectivity index (χ3n) is 4.03. The number of unbranched alkanes of at least 4 members (excludes halogenated alkanes) is 5. The van der Waals surface area contributed by atoms with Crippen LogP contribution in [0, 0.1) is 0 Å². The summed E-state index contributed by atoms with van der Waals surface area (Å²) < 4.78 is 0. The number of carbonyl (C=O) groups excluding carboxylic acids is 2. The van der Waals surface area contributed by atoms with Crippen LogP contribution in [-0.2, 0) is 14.4 Å². The molecule has 1 rings (SSSR count). The van der Waals surface area contributed by atoms with Gasteiger partial charge in [0, 0.05) is 32.9 Å². The number of carbonyl (C=O) groups is 3. The van der Waals surface area contributed by atoms with E-state index in [0.717, 1.165) is 51.5 Å². The van der Waals surface area contributed by atoms with Crippen molar-refractivity contribution in [3.05, 3.63) is 0 Å². The Morgan fingerprint density at radius 2 is 1.66 bits per heavy atom. The maximum absolute atomic E-state index is 10.7. The summed E-state index contributed by atoms with van der Waals surface area (Å²) in [4.78, 5) is 31.2. The highest BCUT2D eigenvalue weighted by molar-refractivity contribution is 5.76. The minimum atomic E-state index is -0.716. The Kier molecular flexibility index (Phi) is 34.3. The first-order valence-corrected chi connectivity index (χ1v) is 10.4. The minimum Gasteiger partial charge on any atom is -0.481 e. The molecule has 7 N–H and O–H groups in total. The van der Waals surface area contributed by atoms with Gasteiger partial charge in [0.05, 0.1) is 0 Å². The summed E-state index contributed by atoms with van der Waals surface area (Å²) in [5.74, 6) is -0.328. The molecule has 0 aliphatic carbocycles. The van der Waals surface area contributed by atoms with Crippen molar-refractivity contribution in [1.82, 2.24) is 10.6 Å². The van der Waals surface area contributed by atoms with Crippen LogP contribution in [0.25, 0.3) is 0 Å². The molecule has 8 nitrogen and oxygen atoms in total. The monoisotopic (exact) mass is 421 g/mol. The zero-order chi connectivity index (χ0) is 20.8. The van der Waals surface area contributed by atoms with E-state index in [-0.39, 0.29) is 31.1 Å². The van der Waals surface area contributed by atoms with E-state index in [1.807, 2.05) is 0 Å². The molecule has 0 aromatic rings. The Bertz CT molecular complexity index is 369. The van der Waals surface area contributed by atoms with E-state index >= 15 is 0 Å². The number of aliphatic carboxylic acids is 1. The molecular weight excluding hydrogens is 374 g/mol. The zero-order valence-electron chi connectivity index (χ0n) is 17.9. The normalized spacial score (nSPS) is 12.2. The van der Waals surface area contributed by atoms with Gasteiger partial charge in [0.1, 0.15) is 0 Å². The van der Waals surface area contributed by atoms with Crippen molar-refractivity contribution in [3.8, 4) is 0 Å². The second-order valence-corrected chi connectivity index (χ2v) is 6.64. The molecule has 0 unspecified atom stereocenters. The largest absolute Gasteiger partial charge is 0.481 e.